The average molecular weight is 401 g/mol. The maximum absolute atomic E-state index is 12.3. The summed E-state index contributed by atoms with van der Waals surface area (Å²) in [6, 6.07) is 0. The summed E-state index contributed by atoms with van der Waals surface area (Å²) in [4.78, 5) is 19.3. The van der Waals surface area contributed by atoms with Crippen LogP contribution in [0.25, 0.3) is 0 Å². The SMILES string of the molecule is CC(C)(C)OC(=O)NC1SC=C(CN2CCOCC2)N1CN1CCOCC1. The quantitative estimate of drug-likeness (QED) is 0.741. The van der Waals surface area contributed by atoms with Gasteiger partial charge in [0.25, 0.3) is 0 Å². The highest BCUT2D eigenvalue weighted by molar-refractivity contribution is 8.02. The van der Waals surface area contributed by atoms with Gasteiger partial charge in [-0.1, -0.05) is 11.8 Å². The summed E-state index contributed by atoms with van der Waals surface area (Å²) in [5, 5.41) is 5.18. The van der Waals surface area contributed by atoms with E-state index in [1.807, 2.05) is 20.8 Å². The smallest absolute Gasteiger partial charge is 0.409 e. The zero-order valence-electron chi connectivity index (χ0n) is 16.6. The fourth-order valence-electron chi connectivity index (χ4n) is 3.19. The van der Waals surface area contributed by atoms with Gasteiger partial charge in [0.15, 0.2) is 5.50 Å². The number of carbonyl (C=O) groups is 1. The molecule has 8 nitrogen and oxygen atoms in total. The molecule has 3 aliphatic heterocycles. The van der Waals surface area contributed by atoms with E-state index < -0.39 is 5.60 Å². The van der Waals surface area contributed by atoms with Gasteiger partial charge in [0.1, 0.15) is 5.60 Å². The first-order chi connectivity index (χ1) is 12.9. The zero-order chi connectivity index (χ0) is 19.3. The highest BCUT2D eigenvalue weighted by Crippen LogP contribution is 2.30. The molecule has 0 radical (unpaired) electrons. The van der Waals surface area contributed by atoms with Crippen LogP contribution in [-0.2, 0) is 14.2 Å². The van der Waals surface area contributed by atoms with E-state index in [1.54, 1.807) is 11.8 Å². The average Bonchev–Trinajstić information content (AvgIpc) is 2.96. The minimum Gasteiger partial charge on any atom is -0.444 e. The summed E-state index contributed by atoms with van der Waals surface area (Å²) < 4.78 is 16.4. The van der Waals surface area contributed by atoms with Crippen molar-refractivity contribution in [1.82, 2.24) is 20.0 Å². The first-order valence-electron chi connectivity index (χ1n) is 9.61. The Bertz CT molecular complexity index is 528. The third-order valence-electron chi connectivity index (χ3n) is 4.57. The number of amides is 1. The Morgan fingerprint density at radius 2 is 1.74 bits per heavy atom. The van der Waals surface area contributed by atoms with Crippen LogP contribution < -0.4 is 5.32 Å². The first-order valence-corrected chi connectivity index (χ1v) is 10.6. The molecule has 1 amide bonds. The van der Waals surface area contributed by atoms with E-state index in [0.29, 0.717) is 0 Å². The van der Waals surface area contributed by atoms with Gasteiger partial charge in [-0.2, -0.15) is 0 Å². The lowest BCUT2D eigenvalue weighted by molar-refractivity contribution is 0.00626. The van der Waals surface area contributed by atoms with Crippen LogP contribution in [0.4, 0.5) is 4.79 Å². The number of carbonyl (C=O) groups excluding carboxylic acids is 1. The van der Waals surface area contributed by atoms with E-state index in [4.69, 9.17) is 14.2 Å². The molecule has 9 heteroatoms. The molecule has 3 rings (SSSR count). The van der Waals surface area contributed by atoms with Crippen LogP contribution in [0.15, 0.2) is 11.1 Å². The molecule has 3 heterocycles. The van der Waals surface area contributed by atoms with Crippen LogP contribution in [0.2, 0.25) is 0 Å². The van der Waals surface area contributed by atoms with Gasteiger partial charge >= 0.3 is 6.09 Å². The minimum atomic E-state index is -0.507. The molecule has 0 aromatic carbocycles. The molecule has 2 saturated heterocycles. The summed E-state index contributed by atoms with van der Waals surface area (Å²) in [6.45, 7) is 14.0. The number of alkyl carbamates (subject to hydrolysis) is 1. The number of nitrogens with one attached hydrogen (secondary N) is 1. The van der Waals surface area contributed by atoms with Crippen molar-refractivity contribution in [2.45, 2.75) is 31.9 Å². The molecular formula is C18H32N4O4S. The summed E-state index contributed by atoms with van der Waals surface area (Å²) >= 11 is 1.63. The minimum absolute atomic E-state index is 0.154. The Balaban J connectivity index is 1.62. The highest BCUT2D eigenvalue weighted by atomic mass is 32.2. The fraction of sp³-hybridized carbons (Fsp3) is 0.833. The second-order valence-electron chi connectivity index (χ2n) is 7.97. The van der Waals surface area contributed by atoms with Crippen molar-refractivity contribution in [3.8, 4) is 0 Å². The van der Waals surface area contributed by atoms with Crippen molar-refractivity contribution >= 4 is 17.9 Å². The van der Waals surface area contributed by atoms with E-state index in [2.05, 4.69) is 25.4 Å². The van der Waals surface area contributed by atoms with Crippen molar-refractivity contribution in [2.75, 3.05) is 65.8 Å². The third-order valence-corrected chi connectivity index (χ3v) is 5.61. The Morgan fingerprint density at radius 1 is 1.15 bits per heavy atom. The van der Waals surface area contributed by atoms with Crippen molar-refractivity contribution in [3.63, 3.8) is 0 Å². The standard InChI is InChI=1S/C18H32N4O4S/c1-18(2,3)26-17(23)19-16-22(14-21-6-10-25-11-7-21)15(13-27-16)12-20-4-8-24-9-5-20/h13,16H,4-12,14H2,1-3H3,(H,19,23). The lowest BCUT2D eigenvalue weighted by Gasteiger charge is -2.38. The monoisotopic (exact) mass is 400 g/mol. The normalized spacial score (nSPS) is 25.4. The molecule has 0 spiro atoms. The fourth-order valence-corrected chi connectivity index (χ4v) is 4.20. The maximum atomic E-state index is 12.3. The third kappa shape index (κ3) is 6.53. The molecule has 0 saturated carbocycles. The molecule has 0 aliphatic carbocycles. The molecule has 0 bridgehead atoms. The molecular weight excluding hydrogens is 368 g/mol. The maximum Gasteiger partial charge on any atom is 0.409 e. The van der Waals surface area contributed by atoms with E-state index in [0.717, 1.165) is 65.8 Å². The Labute approximate surface area is 166 Å². The summed E-state index contributed by atoms with van der Waals surface area (Å²) in [5.41, 5.74) is 0.570. The summed E-state index contributed by atoms with van der Waals surface area (Å²) in [6.07, 6.45) is -0.381. The molecule has 0 aromatic heterocycles. The number of thioether (sulfide) groups is 1. The predicted octanol–water partition coefficient (Wildman–Crippen LogP) is 1.31. The van der Waals surface area contributed by atoms with Gasteiger partial charge in [0, 0.05) is 38.4 Å². The lowest BCUT2D eigenvalue weighted by Crippen LogP contribution is -2.52. The van der Waals surface area contributed by atoms with E-state index in [-0.39, 0.29) is 11.6 Å². The number of rotatable bonds is 5. The molecule has 1 atom stereocenters. The Morgan fingerprint density at radius 3 is 2.33 bits per heavy atom. The van der Waals surface area contributed by atoms with Gasteiger partial charge < -0.3 is 19.1 Å². The number of morpholine rings is 2. The van der Waals surface area contributed by atoms with Crippen molar-refractivity contribution in [1.29, 1.82) is 0 Å². The van der Waals surface area contributed by atoms with E-state index >= 15 is 0 Å². The number of ether oxygens (including phenoxy) is 3. The van der Waals surface area contributed by atoms with E-state index in [1.165, 1.54) is 5.70 Å². The number of hydrogen-bond acceptors (Lipinski definition) is 8. The van der Waals surface area contributed by atoms with Crippen LogP contribution in [0.5, 0.6) is 0 Å². The molecule has 27 heavy (non-hydrogen) atoms. The van der Waals surface area contributed by atoms with Crippen molar-refractivity contribution in [2.24, 2.45) is 0 Å². The van der Waals surface area contributed by atoms with Gasteiger partial charge in [-0.25, -0.2) is 4.79 Å². The van der Waals surface area contributed by atoms with Gasteiger partial charge in [-0.05, 0) is 26.2 Å². The predicted molar refractivity (Wildman–Crippen MR) is 105 cm³/mol. The topological polar surface area (TPSA) is 66.5 Å². The van der Waals surface area contributed by atoms with Crippen molar-refractivity contribution < 1.29 is 19.0 Å². The van der Waals surface area contributed by atoms with Crippen LogP contribution in [-0.4, -0.2) is 97.7 Å². The molecule has 1 unspecified atom stereocenters. The van der Waals surface area contributed by atoms with Crippen LogP contribution in [0.3, 0.4) is 0 Å². The zero-order valence-corrected chi connectivity index (χ0v) is 17.4. The van der Waals surface area contributed by atoms with Crippen LogP contribution in [0.1, 0.15) is 20.8 Å². The molecule has 3 aliphatic rings. The van der Waals surface area contributed by atoms with E-state index in [9.17, 15) is 4.79 Å². The molecule has 154 valence electrons. The second kappa shape index (κ2) is 9.47. The van der Waals surface area contributed by atoms with Gasteiger partial charge in [-0.15, -0.1) is 0 Å². The highest BCUT2D eigenvalue weighted by Gasteiger charge is 2.32. The van der Waals surface area contributed by atoms with Crippen LogP contribution >= 0.6 is 11.8 Å². The van der Waals surface area contributed by atoms with Gasteiger partial charge in [0.05, 0.1) is 33.1 Å². The van der Waals surface area contributed by atoms with Gasteiger partial charge in [-0.3, -0.25) is 15.1 Å². The Kier molecular flexibility index (Phi) is 7.27. The number of nitrogens with zero attached hydrogens (tertiary/aromatic N) is 3. The number of hydrogen-bond donors (Lipinski definition) is 1. The summed E-state index contributed by atoms with van der Waals surface area (Å²) in [5.74, 6) is 0. The molecule has 1 N–H and O–H groups in total. The summed E-state index contributed by atoms with van der Waals surface area (Å²) in [7, 11) is 0. The van der Waals surface area contributed by atoms with Crippen molar-refractivity contribution in [3.05, 3.63) is 11.1 Å². The molecule has 0 aromatic rings. The molecule has 2 fully saturated rings. The second-order valence-corrected chi connectivity index (χ2v) is 8.93. The van der Waals surface area contributed by atoms with Gasteiger partial charge in [0.2, 0.25) is 0 Å². The lowest BCUT2D eigenvalue weighted by atomic mass is 10.2. The Hall–Kier alpha value is -1.00. The largest absolute Gasteiger partial charge is 0.444 e. The first kappa shape index (κ1) is 20.7. The van der Waals surface area contributed by atoms with Crippen LogP contribution in [0, 0.1) is 0 Å².